The average molecular weight is 416 g/mol. The van der Waals surface area contributed by atoms with Gasteiger partial charge in [0.25, 0.3) is 11.8 Å². The van der Waals surface area contributed by atoms with Crippen molar-refractivity contribution >= 4 is 23.3 Å². The van der Waals surface area contributed by atoms with Gasteiger partial charge in [-0.25, -0.2) is 4.79 Å². The van der Waals surface area contributed by atoms with Gasteiger partial charge in [-0.1, -0.05) is 71.9 Å². The molecule has 5 rings (SSSR count). The number of amides is 3. The summed E-state index contributed by atoms with van der Waals surface area (Å²) in [6, 6.07) is 21.7. The van der Waals surface area contributed by atoms with Crippen molar-refractivity contribution in [3.63, 3.8) is 0 Å². The number of thiophene rings is 1. The molecular weight excluding hydrogens is 400 g/mol. The van der Waals surface area contributed by atoms with E-state index in [1.807, 2.05) is 78.2 Å². The van der Waals surface area contributed by atoms with Crippen molar-refractivity contribution in [1.82, 2.24) is 20.4 Å². The Morgan fingerprint density at radius 2 is 1.60 bits per heavy atom. The molecule has 2 aromatic carbocycles. The second-order valence-corrected chi connectivity index (χ2v) is 7.74. The first-order chi connectivity index (χ1) is 14.7. The molecule has 3 amide bonds. The van der Waals surface area contributed by atoms with Crippen LogP contribution in [0.15, 0.2) is 82.7 Å². The molecule has 2 aromatic heterocycles. The van der Waals surface area contributed by atoms with Gasteiger partial charge in [0, 0.05) is 0 Å². The van der Waals surface area contributed by atoms with Crippen molar-refractivity contribution in [2.45, 2.75) is 12.1 Å². The second-order valence-electron chi connectivity index (χ2n) is 6.80. The van der Waals surface area contributed by atoms with Gasteiger partial charge in [0.05, 0.1) is 11.4 Å². The lowest BCUT2D eigenvalue weighted by Crippen LogP contribution is -2.45. The van der Waals surface area contributed by atoms with Crippen molar-refractivity contribution in [2.24, 2.45) is 0 Å². The van der Waals surface area contributed by atoms with Gasteiger partial charge in [0.1, 0.15) is 0 Å². The number of aromatic nitrogens is 2. The number of benzene rings is 2. The molecule has 30 heavy (non-hydrogen) atoms. The van der Waals surface area contributed by atoms with Crippen LogP contribution in [0.4, 0.5) is 4.79 Å². The summed E-state index contributed by atoms with van der Waals surface area (Å²) < 4.78 is 5.29. The normalized spacial score (nSPS) is 15.4. The molecule has 4 aromatic rings. The van der Waals surface area contributed by atoms with Crippen molar-refractivity contribution in [3.05, 3.63) is 95.1 Å². The molecule has 0 atom stereocenters. The first kappa shape index (κ1) is 18.3. The maximum atomic E-state index is 13.6. The van der Waals surface area contributed by atoms with Gasteiger partial charge in [0.15, 0.2) is 11.4 Å². The molecule has 7 nitrogen and oxygen atoms in total. The largest absolute Gasteiger partial charge is 0.333 e. The molecule has 0 saturated carbocycles. The standard InChI is InChI=1S/C22H16N4O3S/c27-20-22(15-8-3-1-4-9-15,16-10-5-2-6-11-16)24-21(28)26(20)14-18-23-19(29-25-18)17-12-7-13-30-17/h1-13H,14H2,(H,24,28). The molecule has 0 spiro atoms. The summed E-state index contributed by atoms with van der Waals surface area (Å²) >= 11 is 1.47. The van der Waals surface area contributed by atoms with E-state index in [1.165, 1.54) is 11.3 Å². The minimum absolute atomic E-state index is 0.0824. The van der Waals surface area contributed by atoms with Crippen LogP contribution in [-0.2, 0) is 16.9 Å². The smallest absolute Gasteiger partial charge is 0.325 e. The maximum Gasteiger partial charge on any atom is 0.325 e. The number of imide groups is 1. The van der Waals surface area contributed by atoms with E-state index in [1.54, 1.807) is 0 Å². The van der Waals surface area contributed by atoms with E-state index in [0.717, 1.165) is 9.78 Å². The number of hydrogen-bond acceptors (Lipinski definition) is 6. The third-order valence-electron chi connectivity index (χ3n) is 5.02. The van der Waals surface area contributed by atoms with Crippen molar-refractivity contribution in [2.75, 3.05) is 0 Å². The van der Waals surface area contributed by atoms with Crippen LogP contribution >= 0.6 is 11.3 Å². The highest BCUT2D eigenvalue weighted by Gasteiger charge is 2.53. The first-order valence-corrected chi connectivity index (χ1v) is 10.2. The zero-order chi connectivity index (χ0) is 20.6. The van der Waals surface area contributed by atoms with Crippen LogP contribution < -0.4 is 5.32 Å². The van der Waals surface area contributed by atoms with Gasteiger partial charge in [-0.3, -0.25) is 9.69 Å². The van der Waals surface area contributed by atoms with E-state index in [4.69, 9.17) is 4.52 Å². The van der Waals surface area contributed by atoms with Crippen LogP contribution in [0.2, 0.25) is 0 Å². The highest BCUT2D eigenvalue weighted by molar-refractivity contribution is 7.13. The van der Waals surface area contributed by atoms with Crippen molar-refractivity contribution in [1.29, 1.82) is 0 Å². The summed E-state index contributed by atoms with van der Waals surface area (Å²) in [5, 5.41) is 8.76. The number of carbonyl (C=O) groups is 2. The predicted octanol–water partition coefficient (Wildman–Crippen LogP) is 3.79. The Hall–Kier alpha value is -3.78. The SMILES string of the molecule is O=C1NC(c2ccccc2)(c2ccccc2)C(=O)N1Cc1noc(-c2cccs2)n1. The molecule has 1 N–H and O–H groups in total. The van der Waals surface area contributed by atoms with E-state index in [9.17, 15) is 9.59 Å². The van der Waals surface area contributed by atoms with E-state index in [0.29, 0.717) is 17.0 Å². The fourth-order valence-electron chi connectivity index (χ4n) is 3.61. The van der Waals surface area contributed by atoms with Crippen LogP contribution in [0, 0.1) is 0 Å². The van der Waals surface area contributed by atoms with Gasteiger partial charge in [-0.15, -0.1) is 11.3 Å². The van der Waals surface area contributed by atoms with E-state index >= 15 is 0 Å². The third kappa shape index (κ3) is 2.89. The Labute approximate surface area is 176 Å². The van der Waals surface area contributed by atoms with Crippen molar-refractivity contribution in [3.8, 4) is 10.8 Å². The van der Waals surface area contributed by atoms with Gasteiger partial charge < -0.3 is 9.84 Å². The van der Waals surface area contributed by atoms with Gasteiger partial charge >= 0.3 is 6.03 Å². The van der Waals surface area contributed by atoms with Gasteiger partial charge in [-0.2, -0.15) is 4.98 Å². The number of urea groups is 1. The number of carbonyl (C=O) groups excluding carboxylic acids is 2. The molecule has 0 radical (unpaired) electrons. The lowest BCUT2D eigenvalue weighted by molar-refractivity contribution is -0.130. The Morgan fingerprint density at radius 3 is 2.20 bits per heavy atom. The fraction of sp³-hybridized carbons (Fsp3) is 0.0909. The summed E-state index contributed by atoms with van der Waals surface area (Å²) in [6.45, 7) is -0.0824. The Kier molecular flexibility index (Phi) is 4.40. The second kappa shape index (κ2) is 7.23. The topological polar surface area (TPSA) is 88.3 Å². The molecule has 1 aliphatic heterocycles. The summed E-state index contributed by atoms with van der Waals surface area (Å²) in [6.07, 6.45) is 0. The highest BCUT2D eigenvalue weighted by atomic mass is 32.1. The van der Waals surface area contributed by atoms with Crippen LogP contribution in [0.3, 0.4) is 0 Å². The van der Waals surface area contributed by atoms with E-state index in [2.05, 4.69) is 15.5 Å². The molecule has 0 unspecified atom stereocenters. The predicted molar refractivity (Wildman–Crippen MR) is 110 cm³/mol. The van der Waals surface area contributed by atoms with Gasteiger partial charge in [-0.05, 0) is 22.6 Å². The molecule has 0 aliphatic carbocycles. The van der Waals surface area contributed by atoms with Crippen LogP contribution in [0.5, 0.6) is 0 Å². The third-order valence-corrected chi connectivity index (χ3v) is 5.88. The van der Waals surface area contributed by atoms with E-state index < -0.39 is 11.6 Å². The quantitative estimate of drug-likeness (QED) is 0.500. The monoisotopic (exact) mass is 416 g/mol. The lowest BCUT2D eigenvalue weighted by atomic mass is 9.82. The molecular formula is C22H16N4O3S. The highest BCUT2D eigenvalue weighted by Crippen LogP contribution is 2.36. The molecule has 1 saturated heterocycles. The minimum atomic E-state index is -1.31. The molecule has 3 heterocycles. The first-order valence-electron chi connectivity index (χ1n) is 9.30. The molecule has 0 bridgehead atoms. The van der Waals surface area contributed by atoms with Crippen LogP contribution in [-0.4, -0.2) is 27.0 Å². The Morgan fingerprint density at radius 1 is 0.933 bits per heavy atom. The Bertz CT molecular complexity index is 1150. The zero-order valence-corrected chi connectivity index (χ0v) is 16.5. The minimum Gasteiger partial charge on any atom is -0.333 e. The molecule has 148 valence electrons. The van der Waals surface area contributed by atoms with Gasteiger partial charge in [0.2, 0.25) is 0 Å². The summed E-state index contributed by atoms with van der Waals surface area (Å²) in [5.41, 5.74) is 0.0637. The number of nitrogens with zero attached hydrogens (tertiary/aromatic N) is 3. The summed E-state index contributed by atoms with van der Waals surface area (Å²) in [4.78, 5) is 32.8. The zero-order valence-electron chi connectivity index (χ0n) is 15.7. The van der Waals surface area contributed by atoms with Crippen LogP contribution in [0.1, 0.15) is 17.0 Å². The molecule has 8 heteroatoms. The summed E-state index contributed by atoms with van der Waals surface area (Å²) in [5.74, 6) is 0.246. The number of rotatable bonds is 5. The average Bonchev–Trinajstić information content (AvgIpc) is 3.52. The summed E-state index contributed by atoms with van der Waals surface area (Å²) in [7, 11) is 0. The number of nitrogens with one attached hydrogen (secondary N) is 1. The lowest BCUT2D eigenvalue weighted by Gasteiger charge is -2.27. The van der Waals surface area contributed by atoms with Crippen molar-refractivity contribution < 1.29 is 14.1 Å². The number of hydrogen-bond donors (Lipinski definition) is 1. The fourth-order valence-corrected chi connectivity index (χ4v) is 4.26. The molecule has 1 aliphatic rings. The Balaban J connectivity index is 1.51. The molecule has 1 fully saturated rings. The van der Waals surface area contributed by atoms with E-state index in [-0.39, 0.29) is 18.3 Å². The van der Waals surface area contributed by atoms with Crippen LogP contribution in [0.25, 0.3) is 10.8 Å². The maximum absolute atomic E-state index is 13.6.